The summed E-state index contributed by atoms with van der Waals surface area (Å²) in [6.45, 7) is 0. The van der Waals surface area contributed by atoms with Gasteiger partial charge >= 0.3 is 5.97 Å². The molecular weight excluding hydrogens is 480 g/mol. The van der Waals surface area contributed by atoms with Crippen LogP contribution in [0.3, 0.4) is 0 Å². The molecule has 3 aromatic rings. The Morgan fingerprint density at radius 2 is 2.03 bits per heavy atom. The van der Waals surface area contributed by atoms with Gasteiger partial charge in [0, 0.05) is 4.47 Å². The molecule has 0 saturated heterocycles. The average Bonchev–Trinajstić information content (AvgIpc) is 3.38. The highest BCUT2D eigenvalue weighted by Gasteiger charge is 2.36. The van der Waals surface area contributed by atoms with Crippen molar-refractivity contribution in [2.75, 3.05) is 0 Å². The van der Waals surface area contributed by atoms with Gasteiger partial charge in [-0.25, -0.2) is 4.98 Å². The molecule has 1 fully saturated rings. The maximum Gasteiger partial charge on any atom is 0.306 e. The van der Waals surface area contributed by atoms with Gasteiger partial charge < -0.3 is 9.52 Å². The van der Waals surface area contributed by atoms with E-state index in [1.165, 1.54) is 5.56 Å². The molecule has 0 amide bonds. The minimum atomic E-state index is -0.680. The van der Waals surface area contributed by atoms with Crippen molar-refractivity contribution in [3.63, 3.8) is 0 Å². The second kappa shape index (κ2) is 7.96. The molecule has 0 unspecified atom stereocenters. The SMILES string of the molecule is N#Cc1c2c(cc3nc(-c4cccc(Br)c4Cl)oc13)[C@H](C1CCC(C(=O)O)CC1)CC2. The number of carboxylic acid groups (broad SMARTS) is 1. The van der Waals surface area contributed by atoms with Crippen molar-refractivity contribution >= 4 is 44.6 Å². The van der Waals surface area contributed by atoms with Crippen LogP contribution in [-0.2, 0) is 11.2 Å². The average molecular weight is 500 g/mol. The zero-order chi connectivity index (χ0) is 21.7. The number of oxazole rings is 1. The minimum absolute atomic E-state index is 0.220. The fourth-order valence-electron chi connectivity index (χ4n) is 5.34. The highest BCUT2D eigenvalue weighted by molar-refractivity contribution is 9.10. The third-order valence-corrected chi connectivity index (χ3v) is 8.21. The molecule has 2 aliphatic carbocycles. The fourth-order valence-corrected chi connectivity index (χ4v) is 5.91. The van der Waals surface area contributed by atoms with Crippen molar-refractivity contribution in [2.45, 2.75) is 44.4 Å². The first-order valence-electron chi connectivity index (χ1n) is 10.5. The van der Waals surface area contributed by atoms with Gasteiger partial charge in [0.1, 0.15) is 17.1 Å². The molecule has 158 valence electrons. The Morgan fingerprint density at radius 3 is 2.74 bits per heavy atom. The minimum Gasteiger partial charge on any atom is -0.481 e. The first-order chi connectivity index (χ1) is 15.0. The Bertz CT molecular complexity index is 1240. The largest absolute Gasteiger partial charge is 0.481 e. The smallest absolute Gasteiger partial charge is 0.306 e. The lowest BCUT2D eigenvalue weighted by atomic mass is 9.74. The number of aromatic nitrogens is 1. The Kier molecular flexibility index (Phi) is 5.27. The molecule has 31 heavy (non-hydrogen) atoms. The Hall–Kier alpha value is -2.36. The van der Waals surface area contributed by atoms with E-state index in [1.807, 2.05) is 18.2 Å². The van der Waals surface area contributed by atoms with Gasteiger partial charge in [-0.1, -0.05) is 17.7 Å². The topological polar surface area (TPSA) is 87.1 Å². The van der Waals surface area contributed by atoms with Crippen LogP contribution >= 0.6 is 27.5 Å². The number of fused-ring (bicyclic) bond motifs is 2. The molecule has 1 saturated carbocycles. The van der Waals surface area contributed by atoms with E-state index < -0.39 is 5.97 Å². The van der Waals surface area contributed by atoms with Gasteiger partial charge in [0.25, 0.3) is 0 Å². The highest BCUT2D eigenvalue weighted by Crippen LogP contribution is 2.48. The van der Waals surface area contributed by atoms with Gasteiger partial charge in [0.15, 0.2) is 5.58 Å². The second-order valence-electron chi connectivity index (χ2n) is 8.49. The quantitative estimate of drug-likeness (QED) is 0.433. The van der Waals surface area contributed by atoms with Crippen LogP contribution < -0.4 is 0 Å². The maximum atomic E-state index is 11.3. The fraction of sp³-hybridized carbons (Fsp3) is 0.375. The predicted octanol–water partition coefficient (Wildman–Crippen LogP) is 6.70. The molecule has 2 aromatic carbocycles. The van der Waals surface area contributed by atoms with Gasteiger partial charge in [-0.05, 0) is 95.6 Å². The van der Waals surface area contributed by atoms with Crippen LogP contribution in [0.15, 0.2) is 33.2 Å². The number of benzene rings is 2. The third-order valence-electron chi connectivity index (χ3n) is 6.91. The van der Waals surface area contributed by atoms with Gasteiger partial charge in [0.2, 0.25) is 5.89 Å². The summed E-state index contributed by atoms with van der Waals surface area (Å²) in [5.74, 6) is 0.296. The number of nitriles is 1. The molecular formula is C24H20BrClN2O3. The number of aliphatic carboxylic acids is 1. The number of carboxylic acids is 1. The summed E-state index contributed by atoms with van der Waals surface area (Å²) in [4.78, 5) is 16.0. The van der Waals surface area contributed by atoms with Crippen molar-refractivity contribution in [3.8, 4) is 17.5 Å². The Balaban J connectivity index is 1.54. The van der Waals surface area contributed by atoms with E-state index in [1.54, 1.807) is 0 Å². The van der Waals surface area contributed by atoms with Crippen molar-refractivity contribution in [1.29, 1.82) is 5.26 Å². The summed E-state index contributed by atoms with van der Waals surface area (Å²) >= 11 is 9.87. The lowest BCUT2D eigenvalue weighted by Crippen LogP contribution is -2.24. The molecule has 5 nitrogen and oxygen atoms in total. The summed E-state index contributed by atoms with van der Waals surface area (Å²) in [5.41, 5.74) is 4.68. The number of hydrogen-bond acceptors (Lipinski definition) is 4. The van der Waals surface area contributed by atoms with Crippen LogP contribution in [0.4, 0.5) is 0 Å². The molecule has 0 bridgehead atoms. The number of carbonyl (C=O) groups is 1. The van der Waals surface area contributed by atoms with Crippen molar-refractivity contribution in [2.24, 2.45) is 11.8 Å². The van der Waals surface area contributed by atoms with Gasteiger partial charge in [-0.3, -0.25) is 4.79 Å². The number of rotatable bonds is 3. The predicted molar refractivity (Wildman–Crippen MR) is 121 cm³/mol. The van der Waals surface area contributed by atoms with E-state index in [-0.39, 0.29) is 5.92 Å². The molecule has 0 spiro atoms. The summed E-state index contributed by atoms with van der Waals surface area (Å²) in [6.07, 6.45) is 5.12. The number of nitrogens with zero attached hydrogens (tertiary/aromatic N) is 2. The highest BCUT2D eigenvalue weighted by atomic mass is 79.9. The van der Waals surface area contributed by atoms with E-state index in [9.17, 15) is 15.2 Å². The molecule has 0 aliphatic heterocycles. The van der Waals surface area contributed by atoms with Crippen LogP contribution in [0.25, 0.3) is 22.6 Å². The normalized spacial score (nSPS) is 22.9. The summed E-state index contributed by atoms with van der Waals surface area (Å²) in [5, 5.41) is 19.8. The van der Waals surface area contributed by atoms with E-state index in [2.05, 4.69) is 33.0 Å². The zero-order valence-corrected chi connectivity index (χ0v) is 19.0. The third kappa shape index (κ3) is 3.44. The van der Waals surface area contributed by atoms with E-state index in [4.69, 9.17) is 16.0 Å². The van der Waals surface area contributed by atoms with E-state index >= 15 is 0 Å². The van der Waals surface area contributed by atoms with Crippen molar-refractivity contribution in [3.05, 3.63) is 50.5 Å². The first kappa shape index (κ1) is 20.5. The van der Waals surface area contributed by atoms with Crippen LogP contribution in [0.2, 0.25) is 5.02 Å². The van der Waals surface area contributed by atoms with Gasteiger partial charge in [-0.15, -0.1) is 0 Å². The zero-order valence-electron chi connectivity index (χ0n) is 16.7. The number of halogens is 2. The molecule has 5 rings (SSSR count). The summed E-state index contributed by atoms with van der Waals surface area (Å²) in [7, 11) is 0. The molecule has 7 heteroatoms. The van der Waals surface area contributed by atoms with E-state index in [0.717, 1.165) is 48.6 Å². The van der Waals surface area contributed by atoms with E-state index in [0.29, 0.717) is 45.0 Å². The molecule has 1 atom stereocenters. The first-order valence-corrected chi connectivity index (χ1v) is 11.7. The summed E-state index contributed by atoms with van der Waals surface area (Å²) in [6, 6.07) is 10.0. The van der Waals surface area contributed by atoms with Crippen LogP contribution in [0.1, 0.15) is 54.7 Å². The molecule has 1 heterocycles. The van der Waals surface area contributed by atoms with Gasteiger partial charge in [-0.2, -0.15) is 5.26 Å². The molecule has 1 N–H and O–H groups in total. The Labute approximate surface area is 193 Å². The van der Waals surface area contributed by atoms with Crippen molar-refractivity contribution in [1.82, 2.24) is 4.98 Å². The van der Waals surface area contributed by atoms with Crippen LogP contribution in [-0.4, -0.2) is 16.1 Å². The summed E-state index contributed by atoms with van der Waals surface area (Å²) < 4.78 is 6.81. The van der Waals surface area contributed by atoms with Gasteiger partial charge in [0.05, 0.1) is 16.5 Å². The lowest BCUT2D eigenvalue weighted by Gasteiger charge is -2.31. The van der Waals surface area contributed by atoms with Crippen LogP contribution in [0.5, 0.6) is 0 Å². The maximum absolute atomic E-state index is 11.3. The lowest BCUT2D eigenvalue weighted by molar-refractivity contribution is -0.143. The molecule has 0 radical (unpaired) electrons. The molecule has 1 aromatic heterocycles. The standard InChI is InChI=1S/C24H20BrClN2O3/c25-19-3-1-2-16(21(19)26)23-28-20-10-17-14(12-4-6-13(7-5-12)24(29)30)8-9-15(17)18(11-27)22(20)31-23/h1-3,10,12-14H,4-9H2,(H,29,30)/t12?,13?,14-/m0/s1. The number of hydrogen-bond donors (Lipinski definition) is 1. The molecule has 2 aliphatic rings. The van der Waals surface area contributed by atoms with Crippen LogP contribution in [0, 0.1) is 23.2 Å². The Morgan fingerprint density at radius 1 is 1.26 bits per heavy atom. The van der Waals surface area contributed by atoms with Crippen molar-refractivity contribution < 1.29 is 14.3 Å². The second-order valence-corrected chi connectivity index (χ2v) is 9.73. The monoisotopic (exact) mass is 498 g/mol.